The average molecular weight is 301 g/mol. The van der Waals surface area contributed by atoms with Gasteiger partial charge in [0.2, 0.25) is 5.95 Å². The largest absolute Gasteiger partial charge is 0.497 e. The molecule has 108 valence electrons. The number of fused-ring (bicyclic) bond motifs is 1. The standard InChI is InChI=1S/C14H15N5OS/c1-7-11(21-9-5-3-8(20-2)4-6-9)10-12(15)18-14(16)19-13(10)17-7/h3-6H,1-2H3,(H5,15,16,17,18,19). The van der Waals surface area contributed by atoms with E-state index in [9.17, 15) is 0 Å². The third-order valence-corrected chi connectivity index (χ3v) is 4.33. The van der Waals surface area contributed by atoms with Crippen LogP contribution in [0.5, 0.6) is 5.75 Å². The van der Waals surface area contributed by atoms with Gasteiger partial charge in [0, 0.05) is 15.5 Å². The van der Waals surface area contributed by atoms with E-state index in [1.807, 2.05) is 31.2 Å². The number of methoxy groups -OCH3 is 1. The van der Waals surface area contributed by atoms with Crippen LogP contribution in [0, 0.1) is 6.92 Å². The first kappa shape index (κ1) is 13.6. The van der Waals surface area contributed by atoms with Crippen LogP contribution in [0.2, 0.25) is 0 Å². The molecule has 3 rings (SSSR count). The van der Waals surface area contributed by atoms with Crippen LogP contribution in [0.1, 0.15) is 5.69 Å². The topological polar surface area (TPSA) is 103 Å². The zero-order valence-corrected chi connectivity index (χ0v) is 12.5. The summed E-state index contributed by atoms with van der Waals surface area (Å²) in [4.78, 5) is 13.5. The minimum Gasteiger partial charge on any atom is -0.497 e. The van der Waals surface area contributed by atoms with Gasteiger partial charge in [0.15, 0.2) is 0 Å². The first-order valence-electron chi connectivity index (χ1n) is 6.31. The first-order chi connectivity index (χ1) is 10.1. The SMILES string of the molecule is COc1ccc(Sc2c(C)[nH]c3nc(N)nc(N)c23)cc1. The number of H-pyrrole nitrogens is 1. The number of hydrogen-bond donors (Lipinski definition) is 3. The number of nitrogens with zero attached hydrogens (tertiary/aromatic N) is 2. The number of aromatic nitrogens is 3. The molecular weight excluding hydrogens is 286 g/mol. The summed E-state index contributed by atoms with van der Waals surface area (Å²) in [7, 11) is 1.65. The Hall–Kier alpha value is -2.41. The fourth-order valence-corrected chi connectivity index (χ4v) is 3.14. The Labute approximate surface area is 125 Å². The minimum atomic E-state index is 0.169. The third-order valence-electron chi connectivity index (χ3n) is 3.11. The van der Waals surface area contributed by atoms with Gasteiger partial charge in [0.05, 0.1) is 12.5 Å². The molecule has 2 heterocycles. The predicted octanol–water partition coefficient (Wildman–Crippen LogP) is 2.59. The molecule has 3 aromatic rings. The zero-order chi connectivity index (χ0) is 15.0. The fourth-order valence-electron chi connectivity index (χ4n) is 2.12. The normalized spacial score (nSPS) is 11.0. The molecule has 0 unspecified atom stereocenters. The van der Waals surface area contributed by atoms with Gasteiger partial charge in [-0.2, -0.15) is 9.97 Å². The maximum atomic E-state index is 5.99. The maximum absolute atomic E-state index is 5.99. The Morgan fingerprint density at radius 1 is 1.14 bits per heavy atom. The van der Waals surface area contributed by atoms with E-state index >= 15 is 0 Å². The van der Waals surface area contributed by atoms with Gasteiger partial charge in [-0.25, -0.2) is 0 Å². The van der Waals surface area contributed by atoms with Crippen LogP contribution in [0.25, 0.3) is 11.0 Å². The summed E-state index contributed by atoms with van der Waals surface area (Å²) in [6.45, 7) is 1.98. The average Bonchev–Trinajstić information content (AvgIpc) is 2.76. The summed E-state index contributed by atoms with van der Waals surface area (Å²) in [5.41, 5.74) is 13.3. The number of hydrogen-bond acceptors (Lipinski definition) is 6. The lowest BCUT2D eigenvalue weighted by atomic mass is 10.3. The Morgan fingerprint density at radius 2 is 1.86 bits per heavy atom. The van der Waals surface area contributed by atoms with Crippen molar-refractivity contribution in [2.75, 3.05) is 18.6 Å². The van der Waals surface area contributed by atoms with Crippen molar-refractivity contribution in [2.24, 2.45) is 0 Å². The van der Waals surface area contributed by atoms with Crippen LogP contribution in [-0.4, -0.2) is 22.1 Å². The highest BCUT2D eigenvalue weighted by atomic mass is 32.2. The predicted molar refractivity (Wildman–Crippen MR) is 84.6 cm³/mol. The second-order valence-electron chi connectivity index (χ2n) is 4.55. The zero-order valence-electron chi connectivity index (χ0n) is 11.7. The third kappa shape index (κ3) is 2.47. The van der Waals surface area contributed by atoms with E-state index in [1.54, 1.807) is 18.9 Å². The van der Waals surface area contributed by atoms with E-state index in [2.05, 4.69) is 15.0 Å². The summed E-state index contributed by atoms with van der Waals surface area (Å²) in [6.07, 6.45) is 0. The number of nitrogen functional groups attached to an aromatic ring is 2. The van der Waals surface area contributed by atoms with E-state index in [1.165, 1.54) is 0 Å². The Balaban J connectivity index is 2.05. The number of aromatic amines is 1. The quantitative estimate of drug-likeness (QED) is 0.687. The van der Waals surface area contributed by atoms with E-state index in [0.29, 0.717) is 11.5 Å². The van der Waals surface area contributed by atoms with Gasteiger partial charge >= 0.3 is 0 Å². The maximum Gasteiger partial charge on any atom is 0.223 e. The monoisotopic (exact) mass is 301 g/mol. The summed E-state index contributed by atoms with van der Waals surface area (Å²) >= 11 is 1.60. The van der Waals surface area contributed by atoms with Crippen molar-refractivity contribution in [2.45, 2.75) is 16.7 Å². The molecule has 0 atom stereocenters. The molecule has 0 aliphatic heterocycles. The number of nitrogens with one attached hydrogen (secondary N) is 1. The van der Waals surface area contributed by atoms with Gasteiger partial charge in [0.25, 0.3) is 0 Å². The van der Waals surface area contributed by atoms with Crippen LogP contribution in [0.3, 0.4) is 0 Å². The molecule has 0 amide bonds. The lowest BCUT2D eigenvalue weighted by Crippen LogP contribution is -1.99. The van der Waals surface area contributed by atoms with Crippen LogP contribution in [-0.2, 0) is 0 Å². The second-order valence-corrected chi connectivity index (χ2v) is 5.63. The molecule has 0 aliphatic rings. The molecular formula is C14H15N5OS. The molecule has 21 heavy (non-hydrogen) atoms. The van der Waals surface area contributed by atoms with Gasteiger partial charge in [-0.1, -0.05) is 11.8 Å². The Bertz CT molecular complexity index is 797. The molecule has 1 aromatic carbocycles. The summed E-state index contributed by atoms with van der Waals surface area (Å²) in [5, 5.41) is 0.808. The van der Waals surface area contributed by atoms with Gasteiger partial charge in [-0.05, 0) is 31.2 Å². The lowest BCUT2D eigenvalue weighted by Gasteiger charge is -2.05. The highest BCUT2D eigenvalue weighted by Gasteiger charge is 2.15. The summed E-state index contributed by atoms with van der Waals surface area (Å²) in [6, 6.07) is 7.83. The molecule has 0 fully saturated rings. The van der Waals surface area contributed by atoms with Crippen LogP contribution < -0.4 is 16.2 Å². The highest BCUT2D eigenvalue weighted by molar-refractivity contribution is 7.99. The molecule has 0 saturated carbocycles. The number of benzene rings is 1. The van der Waals surface area contributed by atoms with Crippen molar-refractivity contribution < 1.29 is 4.74 Å². The highest BCUT2D eigenvalue weighted by Crippen LogP contribution is 2.38. The number of nitrogens with two attached hydrogens (primary N) is 2. The van der Waals surface area contributed by atoms with E-state index < -0.39 is 0 Å². The van der Waals surface area contributed by atoms with Gasteiger partial charge in [0.1, 0.15) is 17.2 Å². The van der Waals surface area contributed by atoms with Crippen molar-refractivity contribution in [1.29, 1.82) is 0 Å². The van der Waals surface area contributed by atoms with Crippen LogP contribution >= 0.6 is 11.8 Å². The van der Waals surface area contributed by atoms with Crippen LogP contribution in [0.15, 0.2) is 34.1 Å². The smallest absolute Gasteiger partial charge is 0.223 e. The van der Waals surface area contributed by atoms with E-state index in [4.69, 9.17) is 16.2 Å². The molecule has 0 aliphatic carbocycles. The minimum absolute atomic E-state index is 0.169. The molecule has 6 nitrogen and oxygen atoms in total. The van der Waals surface area contributed by atoms with Crippen molar-refractivity contribution in [3.8, 4) is 5.75 Å². The second kappa shape index (κ2) is 5.17. The van der Waals surface area contributed by atoms with Gasteiger partial charge < -0.3 is 21.2 Å². The van der Waals surface area contributed by atoms with Crippen molar-refractivity contribution >= 4 is 34.6 Å². The molecule has 5 N–H and O–H groups in total. The molecule has 2 aromatic heterocycles. The molecule has 0 bridgehead atoms. The summed E-state index contributed by atoms with van der Waals surface area (Å²) < 4.78 is 5.16. The summed E-state index contributed by atoms with van der Waals surface area (Å²) in [5.74, 6) is 1.38. The number of aryl methyl sites for hydroxylation is 1. The van der Waals surface area contributed by atoms with E-state index in [0.717, 1.165) is 26.6 Å². The van der Waals surface area contributed by atoms with Crippen molar-refractivity contribution in [3.63, 3.8) is 0 Å². The lowest BCUT2D eigenvalue weighted by molar-refractivity contribution is 0.414. The Kier molecular flexibility index (Phi) is 3.34. The van der Waals surface area contributed by atoms with Crippen molar-refractivity contribution in [3.05, 3.63) is 30.0 Å². The first-order valence-corrected chi connectivity index (χ1v) is 7.13. The molecule has 0 spiro atoms. The van der Waals surface area contributed by atoms with E-state index in [-0.39, 0.29) is 5.95 Å². The molecule has 7 heteroatoms. The number of anilines is 2. The van der Waals surface area contributed by atoms with Gasteiger partial charge in [-0.15, -0.1) is 0 Å². The van der Waals surface area contributed by atoms with Gasteiger partial charge in [-0.3, -0.25) is 0 Å². The molecule has 0 radical (unpaired) electrons. The Morgan fingerprint density at radius 3 is 2.52 bits per heavy atom. The number of rotatable bonds is 3. The van der Waals surface area contributed by atoms with Crippen molar-refractivity contribution in [1.82, 2.24) is 15.0 Å². The molecule has 0 saturated heterocycles. The fraction of sp³-hybridized carbons (Fsp3) is 0.143. The van der Waals surface area contributed by atoms with Crippen LogP contribution in [0.4, 0.5) is 11.8 Å². The number of ether oxygens (including phenoxy) is 1.